The molecule has 0 aliphatic carbocycles. The summed E-state index contributed by atoms with van der Waals surface area (Å²) in [6, 6.07) is 10.7. The maximum Gasteiger partial charge on any atom is 0.132 e. The first-order valence-electron chi connectivity index (χ1n) is 9.27. The number of anilines is 4. The van der Waals surface area contributed by atoms with E-state index in [4.69, 9.17) is 4.74 Å². The summed E-state index contributed by atoms with van der Waals surface area (Å²) < 4.78 is 5.42. The molecule has 0 radical (unpaired) electrons. The third-order valence-corrected chi connectivity index (χ3v) is 5.15. The van der Waals surface area contributed by atoms with Crippen molar-refractivity contribution in [3.05, 3.63) is 42.1 Å². The molecule has 3 heterocycles. The first-order valence-corrected chi connectivity index (χ1v) is 9.27. The van der Waals surface area contributed by atoms with Gasteiger partial charge in [-0.15, -0.1) is 0 Å². The van der Waals surface area contributed by atoms with Crippen molar-refractivity contribution in [2.75, 3.05) is 68.6 Å². The number of rotatable bonds is 3. The van der Waals surface area contributed by atoms with E-state index in [1.165, 1.54) is 16.9 Å². The van der Waals surface area contributed by atoms with Crippen molar-refractivity contribution in [3.63, 3.8) is 0 Å². The Morgan fingerprint density at radius 3 is 2.54 bits per heavy atom. The van der Waals surface area contributed by atoms with Crippen LogP contribution in [0.2, 0.25) is 0 Å². The summed E-state index contributed by atoms with van der Waals surface area (Å²) in [5.74, 6) is 0.888. The van der Waals surface area contributed by atoms with Gasteiger partial charge in [-0.1, -0.05) is 0 Å². The number of benzene rings is 1. The predicted molar refractivity (Wildman–Crippen MR) is 107 cm³/mol. The Balaban J connectivity index is 1.49. The van der Waals surface area contributed by atoms with E-state index >= 15 is 0 Å². The fourth-order valence-corrected chi connectivity index (χ4v) is 3.55. The molecule has 0 atom stereocenters. The average molecular weight is 353 g/mol. The second kappa shape index (κ2) is 7.51. The molecule has 0 bridgehead atoms. The number of hydrogen-bond acceptors (Lipinski definition) is 6. The molecule has 1 N–H and O–H groups in total. The lowest BCUT2D eigenvalue weighted by Crippen LogP contribution is -2.36. The van der Waals surface area contributed by atoms with Crippen molar-refractivity contribution in [3.8, 4) is 0 Å². The zero-order chi connectivity index (χ0) is 17.9. The third kappa shape index (κ3) is 3.76. The number of likely N-dealkylation sites (N-methyl/N-ethyl adjacent to an activating group) is 2. The Morgan fingerprint density at radius 2 is 1.77 bits per heavy atom. The van der Waals surface area contributed by atoms with E-state index in [1.807, 2.05) is 6.20 Å². The largest absolute Gasteiger partial charge is 0.378 e. The number of nitrogens with one attached hydrogen (secondary N) is 1. The van der Waals surface area contributed by atoms with Gasteiger partial charge in [-0.05, 0) is 31.3 Å². The van der Waals surface area contributed by atoms with Crippen LogP contribution in [0.25, 0.3) is 0 Å². The molecule has 1 fully saturated rings. The maximum absolute atomic E-state index is 5.42. The molecular weight excluding hydrogens is 326 g/mol. The van der Waals surface area contributed by atoms with Crippen LogP contribution in [-0.2, 0) is 11.3 Å². The second-order valence-electron chi connectivity index (χ2n) is 7.13. The van der Waals surface area contributed by atoms with Gasteiger partial charge < -0.3 is 24.8 Å². The van der Waals surface area contributed by atoms with E-state index in [0.29, 0.717) is 0 Å². The van der Waals surface area contributed by atoms with Gasteiger partial charge in [0, 0.05) is 74.7 Å². The Kier molecular flexibility index (Phi) is 4.95. The monoisotopic (exact) mass is 353 g/mol. The van der Waals surface area contributed by atoms with Crippen LogP contribution in [0.4, 0.5) is 22.9 Å². The van der Waals surface area contributed by atoms with Crippen LogP contribution in [0.15, 0.2) is 36.5 Å². The number of ether oxygens (including phenoxy) is 1. The summed E-state index contributed by atoms with van der Waals surface area (Å²) in [5, 5.41) is 3.44. The Morgan fingerprint density at radius 1 is 1.00 bits per heavy atom. The standard InChI is InChI=1S/C20H27N5O/c1-23-7-8-24(2)19-13-20(21-14-16(19)15-23)22-17-3-5-18(6-4-17)25-9-11-26-12-10-25/h3-6,13-14H,7-12,15H2,1-2H3,(H,21,22). The smallest absolute Gasteiger partial charge is 0.132 e. The quantitative estimate of drug-likeness (QED) is 0.915. The number of pyridine rings is 1. The number of hydrogen-bond donors (Lipinski definition) is 1. The van der Waals surface area contributed by atoms with Crippen molar-refractivity contribution < 1.29 is 4.74 Å². The normalized spacial score (nSPS) is 18.4. The molecule has 2 aliphatic heterocycles. The fourth-order valence-electron chi connectivity index (χ4n) is 3.55. The predicted octanol–water partition coefficient (Wildman–Crippen LogP) is 2.54. The number of aromatic nitrogens is 1. The second-order valence-corrected chi connectivity index (χ2v) is 7.13. The van der Waals surface area contributed by atoms with Crippen molar-refractivity contribution in [2.24, 2.45) is 0 Å². The first kappa shape index (κ1) is 17.1. The van der Waals surface area contributed by atoms with Crippen LogP contribution < -0.4 is 15.1 Å². The lowest BCUT2D eigenvalue weighted by atomic mass is 10.2. The van der Waals surface area contributed by atoms with Gasteiger partial charge >= 0.3 is 0 Å². The number of fused-ring (bicyclic) bond motifs is 1. The van der Waals surface area contributed by atoms with Gasteiger partial charge in [0.2, 0.25) is 0 Å². The first-order chi connectivity index (χ1) is 12.7. The van der Waals surface area contributed by atoms with Crippen LogP contribution >= 0.6 is 0 Å². The van der Waals surface area contributed by atoms with Crippen molar-refractivity contribution in [2.45, 2.75) is 6.54 Å². The molecule has 2 aliphatic rings. The highest BCUT2D eigenvalue weighted by Crippen LogP contribution is 2.27. The molecular formula is C20H27N5O. The molecule has 1 saturated heterocycles. The van der Waals surface area contributed by atoms with E-state index < -0.39 is 0 Å². The molecule has 6 nitrogen and oxygen atoms in total. The van der Waals surface area contributed by atoms with Gasteiger partial charge in [0.1, 0.15) is 5.82 Å². The summed E-state index contributed by atoms with van der Waals surface area (Å²) in [6.07, 6.45) is 2.00. The van der Waals surface area contributed by atoms with Crippen LogP contribution in [0.5, 0.6) is 0 Å². The van der Waals surface area contributed by atoms with E-state index in [-0.39, 0.29) is 0 Å². The molecule has 0 spiro atoms. The Hall–Kier alpha value is -2.31. The number of morpholine rings is 1. The zero-order valence-electron chi connectivity index (χ0n) is 15.6. The topological polar surface area (TPSA) is 43.9 Å². The lowest BCUT2D eigenvalue weighted by molar-refractivity contribution is 0.122. The van der Waals surface area contributed by atoms with Gasteiger partial charge in [0.25, 0.3) is 0 Å². The molecule has 138 valence electrons. The van der Waals surface area contributed by atoms with Gasteiger partial charge in [-0.2, -0.15) is 0 Å². The van der Waals surface area contributed by atoms with Crippen molar-refractivity contribution in [1.29, 1.82) is 0 Å². The van der Waals surface area contributed by atoms with Crippen LogP contribution in [0.3, 0.4) is 0 Å². The number of nitrogens with zero attached hydrogens (tertiary/aromatic N) is 4. The summed E-state index contributed by atoms with van der Waals surface area (Å²) in [7, 11) is 4.31. The average Bonchev–Trinajstić information content (AvgIpc) is 2.82. The van der Waals surface area contributed by atoms with Gasteiger partial charge in [-0.25, -0.2) is 4.98 Å². The Bertz CT molecular complexity index is 742. The van der Waals surface area contributed by atoms with Gasteiger partial charge in [0.15, 0.2) is 0 Å². The Labute approximate surface area is 155 Å². The van der Waals surface area contributed by atoms with Crippen molar-refractivity contribution >= 4 is 22.9 Å². The fraction of sp³-hybridized carbons (Fsp3) is 0.450. The minimum Gasteiger partial charge on any atom is -0.378 e. The lowest BCUT2D eigenvalue weighted by Gasteiger charge is -2.29. The molecule has 0 saturated carbocycles. The van der Waals surface area contributed by atoms with E-state index in [1.54, 1.807) is 0 Å². The molecule has 1 aromatic heterocycles. The SMILES string of the molecule is CN1CCN(C)c2cc(Nc3ccc(N4CCOCC4)cc3)ncc2C1. The van der Waals surface area contributed by atoms with Crippen LogP contribution in [0, 0.1) is 0 Å². The molecule has 0 unspecified atom stereocenters. The molecule has 6 heteroatoms. The molecule has 4 rings (SSSR count). The minimum absolute atomic E-state index is 0.807. The van der Waals surface area contributed by atoms with E-state index in [0.717, 1.165) is 57.4 Å². The van der Waals surface area contributed by atoms with E-state index in [9.17, 15) is 0 Å². The summed E-state index contributed by atoms with van der Waals surface area (Å²) in [6.45, 7) is 6.57. The maximum atomic E-state index is 5.42. The molecule has 26 heavy (non-hydrogen) atoms. The van der Waals surface area contributed by atoms with E-state index in [2.05, 4.69) is 69.4 Å². The van der Waals surface area contributed by atoms with Crippen molar-refractivity contribution in [1.82, 2.24) is 9.88 Å². The zero-order valence-corrected chi connectivity index (χ0v) is 15.6. The van der Waals surface area contributed by atoms with Crippen LogP contribution in [0.1, 0.15) is 5.56 Å². The van der Waals surface area contributed by atoms with Crippen LogP contribution in [-0.4, -0.2) is 63.4 Å². The van der Waals surface area contributed by atoms with Gasteiger partial charge in [0.05, 0.1) is 13.2 Å². The van der Waals surface area contributed by atoms with Gasteiger partial charge in [-0.3, -0.25) is 0 Å². The molecule has 0 amide bonds. The minimum atomic E-state index is 0.807. The third-order valence-electron chi connectivity index (χ3n) is 5.15. The highest BCUT2D eigenvalue weighted by atomic mass is 16.5. The highest BCUT2D eigenvalue weighted by molar-refractivity contribution is 5.66. The molecule has 1 aromatic carbocycles. The summed E-state index contributed by atoms with van der Waals surface area (Å²) in [5.41, 5.74) is 4.84. The summed E-state index contributed by atoms with van der Waals surface area (Å²) in [4.78, 5) is 11.6. The summed E-state index contributed by atoms with van der Waals surface area (Å²) >= 11 is 0. The highest BCUT2D eigenvalue weighted by Gasteiger charge is 2.16. The molecule has 2 aromatic rings.